The summed E-state index contributed by atoms with van der Waals surface area (Å²) in [7, 11) is 2.01. The summed E-state index contributed by atoms with van der Waals surface area (Å²) in [5.41, 5.74) is 1.18. The highest BCUT2D eigenvalue weighted by atomic mass is 32.2. The van der Waals surface area contributed by atoms with Gasteiger partial charge in [-0.1, -0.05) is 68.3 Å². The third kappa shape index (κ3) is 5.58. The van der Waals surface area contributed by atoms with Crippen LogP contribution in [0.2, 0.25) is 0 Å². The number of carbonyl (C=O) groups is 1. The molecule has 1 N–H and O–H groups in total. The fourth-order valence-electron chi connectivity index (χ4n) is 3.65. The first-order valence-corrected chi connectivity index (χ1v) is 11.0. The molecule has 1 heterocycles. The third-order valence-corrected chi connectivity index (χ3v) is 6.54. The quantitative estimate of drug-likeness (QED) is 0.687. The lowest BCUT2D eigenvalue weighted by Gasteiger charge is -2.21. The lowest BCUT2D eigenvalue weighted by molar-refractivity contribution is -0.121. The van der Waals surface area contributed by atoms with Crippen molar-refractivity contribution in [1.29, 1.82) is 0 Å². The maximum atomic E-state index is 12.1. The zero-order chi connectivity index (χ0) is 19.1. The van der Waals surface area contributed by atoms with Gasteiger partial charge in [0.1, 0.15) is 0 Å². The predicted molar refractivity (Wildman–Crippen MR) is 110 cm³/mol. The van der Waals surface area contributed by atoms with Crippen molar-refractivity contribution in [3.8, 4) is 0 Å². The van der Waals surface area contributed by atoms with Crippen LogP contribution in [-0.4, -0.2) is 26.4 Å². The highest BCUT2D eigenvalue weighted by Gasteiger charge is 2.22. The highest BCUT2D eigenvalue weighted by molar-refractivity contribution is 7.99. The summed E-state index contributed by atoms with van der Waals surface area (Å²) in [6, 6.07) is 10.1. The molecular formula is C21H30N4OS. The fourth-order valence-corrected chi connectivity index (χ4v) is 4.76. The molecule has 1 saturated carbocycles. The molecule has 0 bridgehead atoms. The van der Waals surface area contributed by atoms with Gasteiger partial charge in [-0.25, -0.2) is 0 Å². The molecule has 146 valence electrons. The van der Waals surface area contributed by atoms with Crippen LogP contribution in [0.5, 0.6) is 0 Å². The molecule has 6 heteroatoms. The van der Waals surface area contributed by atoms with Gasteiger partial charge in [0.05, 0.1) is 6.04 Å². The molecule has 1 aliphatic rings. The van der Waals surface area contributed by atoms with E-state index in [0.717, 1.165) is 22.7 Å². The van der Waals surface area contributed by atoms with Gasteiger partial charge in [0.2, 0.25) is 5.91 Å². The van der Waals surface area contributed by atoms with E-state index in [1.54, 1.807) is 11.8 Å². The smallest absolute Gasteiger partial charge is 0.220 e. The van der Waals surface area contributed by atoms with Gasteiger partial charge < -0.3 is 9.88 Å². The molecule has 1 amide bonds. The largest absolute Gasteiger partial charge is 0.346 e. The number of aromatic nitrogens is 3. The zero-order valence-corrected chi connectivity index (χ0v) is 17.2. The van der Waals surface area contributed by atoms with Crippen LogP contribution in [0.3, 0.4) is 0 Å². The lowest BCUT2D eigenvalue weighted by atomic mass is 9.91. The van der Waals surface area contributed by atoms with E-state index >= 15 is 0 Å². The molecule has 1 aromatic heterocycles. The number of thioether (sulfide) groups is 1. The Hall–Kier alpha value is -1.82. The zero-order valence-electron chi connectivity index (χ0n) is 16.4. The van der Waals surface area contributed by atoms with Crippen LogP contribution in [0.15, 0.2) is 35.5 Å². The minimum atomic E-state index is -0.165. The number of nitrogens with one attached hydrogen (secondary N) is 1. The van der Waals surface area contributed by atoms with Crippen molar-refractivity contribution in [3.63, 3.8) is 0 Å². The predicted octanol–water partition coefficient (Wildman–Crippen LogP) is 4.30. The maximum Gasteiger partial charge on any atom is 0.220 e. The molecule has 1 aliphatic carbocycles. The topological polar surface area (TPSA) is 59.8 Å². The van der Waals surface area contributed by atoms with Gasteiger partial charge in [-0.15, -0.1) is 10.2 Å². The summed E-state index contributed by atoms with van der Waals surface area (Å²) in [6.45, 7) is 1.87. The molecule has 0 aliphatic heterocycles. The Labute approximate surface area is 166 Å². The standard InChI is InChI=1S/C21H30N4OS/c1-3-19(26)22-18(14-16-10-6-4-7-11-16)20-23-24-21(25(20)2)27-15-17-12-8-5-9-13-17/h4,6-7,10-11,17-18H,3,5,8-9,12-15H2,1-2H3,(H,22,26)/t18-/m1/s1. The molecule has 0 spiro atoms. The van der Waals surface area contributed by atoms with Gasteiger partial charge in [-0.2, -0.15) is 0 Å². The van der Waals surface area contributed by atoms with Gasteiger partial charge in [-0.05, 0) is 30.7 Å². The second kappa shape index (κ2) is 9.93. The molecule has 3 rings (SSSR count). The summed E-state index contributed by atoms with van der Waals surface area (Å²) < 4.78 is 2.05. The number of benzene rings is 1. The third-order valence-electron chi connectivity index (χ3n) is 5.29. The monoisotopic (exact) mass is 386 g/mol. The normalized spacial score (nSPS) is 16.2. The number of carbonyl (C=O) groups excluding carboxylic acids is 1. The Bertz CT molecular complexity index is 725. The van der Waals surface area contributed by atoms with Crippen molar-refractivity contribution in [2.75, 3.05) is 5.75 Å². The summed E-state index contributed by atoms with van der Waals surface area (Å²) in [4.78, 5) is 12.1. The minimum absolute atomic E-state index is 0.0374. The van der Waals surface area contributed by atoms with Gasteiger partial charge >= 0.3 is 0 Å². The van der Waals surface area contributed by atoms with E-state index in [9.17, 15) is 4.79 Å². The number of nitrogens with zero attached hydrogens (tertiary/aromatic N) is 3. The van der Waals surface area contributed by atoms with Crippen LogP contribution in [0.1, 0.15) is 62.9 Å². The molecule has 0 unspecified atom stereocenters. The Balaban J connectivity index is 1.71. The summed E-state index contributed by atoms with van der Waals surface area (Å²) >= 11 is 1.80. The van der Waals surface area contributed by atoms with Crippen molar-refractivity contribution in [1.82, 2.24) is 20.1 Å². The molecule has 1 fully saturated rings. The van der Waals surface area contributed by atoms with Gasteiger partial charge in [-0.3, -0.25) is 4.79 Å². The van der Waals surface area contributed by atoms with Crippen molar-refractivity contribution in [3.05, 3.63) is 41.7 Å². The number of rotatable bonds is 8. The highest BCUT2D eigenvalue weighted by Crippen LogP contribution is 2.30. The molecule has 27 heavy (non-hydrogen) atoms. The minimum Gasteiger partial charge on any atom is -0.346 e. The SMILES string of the molecule is CCC(=O)N[C@H](Cc1ccccc1)c1nnc(SCC2CCCCC2)n1C. The van der Waals surface area contributed by atoms with Gasteiger partial charge in [0.15, 0.2) is 11.0 Å². The van der Waals surface area contributed by atoms with Gasteiger partial charge in [0.25, 0.3) is 0 Å². The van der Waals surface area contributed by atoms with E-state index in [2.05, 4.69) is 32.2 Å². The number of hydrogen-bond donors (Lipinski definition) is 1. The van der Waals surface area contributed by atoms with Crippen LogP contribution in [0.25, 0.3) is 0 Å². The van der Waals surface area contributed by atoms with Crippen LogP contribution >= 0.6 is 11.8 Å². The first-order chi connectivity index (χ1) is 13.2. The molecular weight excluding hydrogens is 356 g/mol. The van der Waals surface area contributed by atoms with Crippen molar-refractivity contribution in [2.45, 2.75) is 63.1 Å². The summed E-state index contributed by atoms with van der Waals surface area (Å²) in [6.07, 6.45) is 7.95. The molecule has 1 aromatic carbocycles. The van der Waals surface area contributed by atoms with E-state index in [-0.39, 0.29) is 11.9 Å². The van der Waals surface area contributed by atoms with E-state index in [1.807, 2.05) is 32.2 Å². The molecule has 2 aromatic rings. The van der Waals surface area contributed by atoms with Crippen LogP contribution in [-0.2, 0) is 18.3 Å². The Morgan fingerprint density at radius 1 is 1.22 bits per heavy atom. The summed E-state index contributed by atoms with van der Waals surface area (Å²) in [5.74, 6) is 2.77. The Kier molecular flexibility index (Phi) is 7.33. The first-order valence-electron chi connectivity index (χ1n) is 10.0. The Morgan fingerprint density at radius 3 is 2.67 bits per heavy atom. The van der Waals surface area contributed by atoms with Crippen LogP contribution in [0, 0.1) is 5.92 Å². The second-order valence-corrected chi connectivity index (χ2v) is 8.37. The number of hydrogen-bond acceptors (Lipinski definition) is 4. The number of amides is 1. The summed E-state index contributed by atoms with van der Waals surface area (Å²) in [5, 5.41) is 12.9. The Morgan fingerprint density at radius 2 is 1.96 bits per heavy atom. The van der Waals surface area contributed by atoms with Crippen molar-refractivity contribution >= 4 is 17.7 Å². The van der Waals surface area contributed by atoms with Crippen molar-refractivity contribution in [2.24, 2.45) is 13.0 Å². The molecule has 0 radical (unpaired) electrons. The molecule has 0 saturated heterocycles. The lowest BCUT2D eigenvalue weighted by Crippen LogP contribution is -2.31. The van der Waals surface area contributed by atoms with Gasteiger partial charge in [0, 0.05) is 19.2 Å². The van der Waals surface area contributed by atoms with E-state index in [4.69, 9.17) is 0 Å². The second-order valence-electron chi connectivity index (χ2n) is 7.38. The molecule has 5 nitrogen and oxygen atoms in total. The van der Waals surface area contributed by atoms with Crippen LogP contribution < -0.4 is 5.32 Å². The van der Waals surface area contributed by atoms with E-state index in [1.165, 1.54) is 37.7 Å². The van der Waals surface area contributed by atoms with E-state index in [0.29, 0.717) is 12.8 Å². The van der Waals surface area contributed by atoms with E-state index < -0.39 is 0 Å². The maximum absolute atomic E-state index is 12.1. The average Bonchev–Trinajstić information content (AvgIpc) is 3.07. The fraction of sp³-hybridized carbons (Fsp3) is 0.571. The average molecular weight is 387 g/mol. The molecule has 1 atom stereocenters. The first kappa shape index (κ1) is 19.9. The van der Waals surface area contributed by atoms with Crippen LogP contribution in [0.4, 0.5) is 0 Å². The van der Waals surface area contributed by atoms with Crippen molar-refractivity contribution < 1.29 is 4.79 Å².